The number of benzene rings is 1. The average molecular weight is 397 g/mol. The highest BCUT2D eigenvalue weighted by atomic mass is 32.1. The summed E-state index contributed by atoms with van der Waals surface area (Å²) >= 11 is 1.51. The number of hydrogen-bond acceptors (Lipinski definition) is 5. The predicted molar refractivity (Wildman–Crippen MR) is 111 cm³/mol. The number of nitrogens with zero attached hydrogens (tertiary/aromatic N) is 1. The quantitative estimate of drug-likeness (QED) is 0.621. The topological polar surface area (TPSA) is 60.5 Å². The lowest BCUT2D eigenvalue weighted by Crippen LogP contribution is -2.25. The molecule has 146 valence electrons. The zero-order valence-corrected chi connectivity index (χ0v) is 17.3. The van der Waals surface area contributed by atoms with Crippen LogP contribution < -0.4 is 14.8 Å². The molecule has 0 saturated carbocycles. The van der Waals surface area contributed by atoms with E-state index in [1.807, 2.05) is 57.2 Å². The zero-order valence-electron chi connectivity index (χ0n) is 16.5. The molecular weight excluding hydrogens is 372 g/mol. The van der Waals surface area contributed by atoms with E-state index in [0.717, 1.165) is 26.4 Å². The molecule has 0 spiro atoms. The van der Waals surface area contributed by atoms with Crippen LogP contribution in [0.2, 0.25) is 0 Å². The van der Waals surface area contributed by atoms with Gasteiger partial charge in [-0.05, 0) is 67.8 Å². The fourth-order valence-electron chi connectivity index (χ4n) is 2.75. The zero-order chi connectivity index (χ0) is 20.1. The molecule has 0 aliphatic heterocycles. The van der Waals surface area contributed by atoms with E-state index in [9.17, 15) is 4.79 Å². The SMILES string of the molecule is COc1cc(C(C)NC(=O)c2cc(C)c(C)s2)ccc1OCc1ccncc1. The first-order chi connectivity index (χ1) is 13.5. The summed E-state index contributed by atoms with van der Waals surface area (Å²) in [6.07, 6.45) is 3.47. The minimum absolute atomic E-state index is 0.0642. The maximum atomic E-state index is 12.5. The highest BCUT2D eigenvalue weighted by molar-refractivity contribution is 7.14. The van der Waals surface area contributed by atoms with E-state index in [-0.39, 0.29) is 11.9 Å². The van der Waals surface area contributed by atoms with Gasteiger partial charge in [0, 0.05) is 17.3 Å². The van der Waals surface area contributed by atoms with Gasteiger partial charge < -0.3 is 14.8 Å². The lowest BCUT2D eigenvalue weighted by Gasteiger charge is -2.17. The summed E-state index contributed by atoms with van der Waals surface area (Å²) in [6.45, 7) is 6.43. The number of methoxy groups -OCH3 is 1. The molecule has 0 radical (unpaired) electrons. The molecule has 1 N–H and O–H groups in total. The molecule has 28 heavy (non-hydrogen) atoms. The van der Waals surface area contributed by atoms with Crippen LogP contribution in [0.25, 0.3) is 0 Å². The van der Waals surface area contributed by atoms with Crippen LogP contribution in [0.1, 0.15) is 44.2 Å². The fourth-order valence-corrected chi connectivity index (χ4v) is 3.69. The molecule has 3 rings (SSSR count). The smallest absolute Gasteiger partial charge is 0.261 e. The lowest BCUT2D eigenvalue weighted by molar-refractivity contribution is 0.0944. The number of hydrogen-bond donors (Lipinski definition) is 1. The predicted octanol–water partition coefficient (Wildman–Crippen LogP) is 4.84. The number of nitrogens with one attached hydrogen (secondary N) is 1. The molecule has 2 heterocycles. The fraction of sp³-hybridized carbons (Fsp3) is 0.273. The number of amides is 1. The monoisotopic (exact) mass is 396 g/mol. The standard InChI is InChI=1S/C22H24N2O3S/c1-14-11-21(28-16(14)3)22(25)24-15(2)18-5-6-19(20(12-18)26-4)27-13-17-7-9-23-10-8-17/h5-12,15H,13H2,1-4H3,(H,24,25). The van der Waals surface area contributed by atoms with E-state index in [1.54, 1.807) is 19.5 Å². The molecule has 1 amide bonds. The number of thiophene rings is 1. The van der Waals surface area contributed by atoms with E-state index < -0.39 is 0 Å². The number of aryl methyl sites for hydroxylation is 2. The molecule has 0 fully saturated rings. The van der Waals surface area contributed by atoms with E-state index in [2.05, 4.69) is 10.3 Å². The van der Waals surface area contributed by atoms with Gasteiger partial charge in [0.2, 0.25) is 0 Å². The molecule has 2 aromatic heterocycles. The summed E-state index contributed by atoms with van der Waals surface area (Å²) in [4.78, 5) is 18.4. The Kier molecular flexibility index (Phi) is 6.31. The number of aromatic nitrogens is 1. The number of pyridine rings is 1. The van der Waals surface area contributed by atoms with Crippen LogP contribution in [0, 0.1) is 13.8 Å². The molecule has 1 aromatic carbocycles. The van der Waals surface area contributed by atoms with Gasteiger partial charge in [0.05, 0.1) is 18.0 Å². The number of carbonyl (C=O) groups excluding carboxylic acids is 1. The highest BCUT2D eigenvalue weighted by Crippen LogP contribution is 2.31. The number of ether oxygens (including phenoxy) is 2. The third kappa shape index (κ3) is 4.70. The number of carbonyl (C=O) groups is 1. The van der Waals surface area contributed by atoms with Crippen LogP contribution in [-0.4, -0.2) is 18.0 Å². The minimum atomic E-state index is -0.154. The van der Waals surface area contributed by atoms with Gasteiger partial charge >= 0.3 is 0 Å². The van der Waals surface area contributed by atoms with Crippen LogP contribution in [0.4, 0.5) is 0 Å². The first kappa shape index (κ1) is 19.9. The van der Waals surface area contributed by atoms with Crippen LogP contribution >= 0.6 is 11.3 Å². The van der Waals surface area contributed by atoms with E-state index in [0.29, 0.717) is 18.1 Å². The molecule has 5 nitrogen and oxygen atoms in total. The second-order valence-electron chi connectivity index (χ2n) is 6.60. The van der Waals surface area contributed by atoms with Gasteiger partial charge in [-0.1, -0.05) is 6.07 Å². The van der Waals surface area contributed by atoms with Crippen molar-refractivity contribution >= 4 is 17.2 Å². The van der Waals surface area contributed by atoms with Crippen LogP contribution in [0.5, 0.6) is 11.5 Å². The second kappa shape index (κ2) is 8.89. The Labute approximate surface area is 169 Å². The summed E-state index contributed by atoms with van der Waals surface area (Å²) in [7, 11) is 1.61. The van der Waals surface area contributed by atoms with Crippen LogP contribution in [-0.2, 0) is 6.61 Å². The van der Waals surface area contributed by atoms with Gasteiger partial charge in [-0.3, -0.25) is 9.78 Å². The maximum Gasteiger partial charge on any atom is 0.261 e. The van der Waals surface area contributed by atoms with Crippen LogP contribution in [0.15, 0.2) is 48.8 Å². The van der Waals surface area contributed by atoms with E-state index in [1.165, 1.54) is 11.3 Å². The Morgan fingerprint density at radius 3 is 2.54 bits per heavy atom. The van der Waals surface area contributed by atoms with Crippen molar-refractivity contribution in [1.82, 2.24) is 10.3 Å². The summed E-state index contributed by atoms with van der Waals surface area (Å²) in [6, 6.07) is 11.3. The summed E-state index contributed by atoms with van der Waals surface area (Å²) in [5.74, 6) is 1.23. The van der Waals surface area contributed by atoms with Crippen molar-refractivity contribution in [3.8, 4) is 11.5 Å². The average Bonchev–Trinajstić information content (AvgIpc) is 3.05. The summed E-state index contributed by atoms with van der Waals surface area (Å²) in [5, 5.41) is 3.05. The Hall–Kier alpha value is -2.86. The van der Waals surface area contributed by atoms with Gasteiger partial charge in [0.15, 0.2) is 11.5 Å². The third-order valence-electron chi connectivity index (χ3n) is 4.57. The molecule has 6 heteroatoms. The Balaban J connectivity index is 1.68. The summed E-state index contributed by atoms with van der Waals surface area (Å²) in [5.41, 5.74) is 3.12. The van der Waals surface area contributed by atoms with Crippen molar-refractivity contribution in [2.24, 2.45) is 0 Å². The first-order valence-electron chi connectivity index (χ1n) is 9.05. The molecule has 1 atom stereocenters. The Bertz CT molecular complexity index is 934. The molecule has 1 unspecified atom stereocenters. The van der Waals surface area contributed by atoms with Crippen molar-refractivity contribution in [3.63, 3.8) is 0 Å². The largest absolute Gasteiger partial charge is 0.493 e. The van der Waals surface area contributed by atoms with Gasteiger partial charge in [0.1, 0.15) is 6.61 Å². The third-order valence-corrected chi connectivity index (χ3v) is 5.72. The molecular formula is C22H24N2O3S. The highest BCUT2D eigenvalue weighted by Gasteiger charge is 2.16. The first-order valence-corrected chi connectivity index (χ1v) is 9.87. The summed E-state index contributed by atoms with van der Waals surface area (Å²) < 4.78 is 11.4. The van der Waals surface area contributed by atoms with Gasteiger partial charge in [0.25, 0.3) is 5.91 Å². The molecule has 3 aromatic rings. The van der Waals surface area contributed by atoms with Crippen molar-refractivity contribution in [2.75, 3.05) is 7.11 Å². The molecule has 0 bridgehead atoms. The van der Waals surface area contributed by atoms with Crippen molar-refractivity contribution in [2.45, 2.75) is 33.4 Å². The Morgan fingerprint density at radius 1 is 1.14 bits per heavy atom. The van der Waals surface area contributed by atoms with Gasteiger partial charge in [-0.2, -0.15) is 0 Å². The number of rotatable bonds is 7. The second-order valence-corrected chi connectivity index (χ2v) is 7.86. The molecule has 0 saturated heterocycles. The van der Waals surface area contributed by atoms with Crippen molar-refractivity contribution in [3.05, 3.63) is 75.2 Å². The van der Waals surface area contributed by atoms with Crippen LogP contribution in [0.3, 0.4) is 0 Å². The van der Waals surface area contributed by atoms with Gasteiger partial charge in [-0.15, -0.1) is 11.3 Å². The van der Waals surface area contributed by atoms with Crippen molar-refractivity contribution in [1.29, 1.82) is 0 Å². The molecule has 0 aliphatic carbocycles. The molecule has 0 aliphatic rings. The lowest BCUT2D eigenvalue weighted by atomic mass is 10.1. The van der Waals surface area contributed by atoms with E-state index in [4.69, 9.17) is 9.47 Å². The van der Waals surface area contributed by atoms with Crippen molar-refractivity contribution < 1.29 is 14.3 Å². The maximum absolute atomic E-state index is 12.5. The Morgan fingerprint density at radius 2 is 1.89 bits per heavy atom. The minimum Gasteiger partial charge on any atom is -0.493 e. The van der Waals surface area contributed by atoms with Gasteiger partial charge in [-0.25, -0.2) is 0 Å². The normalized spacial score (nSPS) is 11.7. The van der Waals surface area contributed by atoms with E-state index >= 15 is 0 Å².